The van der Waals surface area contributed by atoms with Crippen molar-refractivity contribution in [1.29, 1.82) is 0 Å². The summed E-state index contributed by atoms with van der Waals surface area (Å²) in [5.74, 6) is 0. The van der Waals surface area contributed by atoms with Crippen LogP contribution in [-0.4, -0.2) is 4.98 Å². The van der Waals surface area contributed by atoms with Crippen LogP contribution in [0.1, 0.15) is 29.5 Å². The highest BCUT2D eigenvalue weighted by atomic mass is 79.9. The van der Waals surface area contributed by atoms with Crippen LogP contribution in [0.5, 0.6) is 0 Å². The summed E-state index contributed by atoms with van der Waals surface area (Å²) in [7, 11) is 0. The van der Waals surface area contributed by atoms with E-state index in [-0.39, 0.29) is 0 Å². The molecule has 3 rings (SSSR count). The molecular weight excluding hydrogens is 262 g/mol. The molecule has 1 aromatic heterocycles. The second-order valence-electron chi connectivity index (χ2n) is 4.59. The molecule has 0 unspecified atom stereocenters. The average Bonchev–Trinajstić information content (AvgIpc) is 2.31. The Hall–Kier alpha value is -0.890. The number of fused-ring (bicyclic) bond motifs is 3. The summed E-state index contributed by atoms with van der Waals surface area (Å²) in [4.78, 5) is 4.65. The van der Waals surface area contributed by atoms with Crippen LogP contribution in [0.25, 0.3) is 10.9 Å². The number of nitrogens with zero attached hydrogens (tertiary/aromatic N) is 1. The summed E-state index contributed by atoms with van der Waals surface area (Å²) in [6.07, 6.45) is 4.99. The van der Waals surface area contributed by atoms with Gasteiger partial charge < -0.3 is 0 Å². The maximum absolute atomic E-state index is 4.65. The highest BCUT2D eigenvalue weighted by molar-refractivity contribution is 9.10. The van der Waals surface area contributed by atoms with Gasteiger partial charge in [-0.2, -0.15) is 0 Å². The van der Waals surface area contributed by atoms with E-state index >= 15 is 0 Å². The van der Waals surface area contributed by atoms with E-state index in [9.17, 15) is 0 Å². The fourth-order valence-corrected chi connectivity index (χ4v) is 3.22. The summed E-state index contributed by atoms with van der Waals surface area (Å²) >= 11 is 3.61. The number of benzene rings is 1. The van der Waals surface area contributed by atoms with E-state index < -0.39 is 0 Å². The fourth-order valence-electron chi connectivity index (χ4n) is 2.59. The summed E-state index contributed by atoms with van der Waals surface area (Å²) in [6, 6.07) is 6.54. The van der Waals surface area contributed by atoms with E-state index in [0.29, 0.717) is 0 Å². The van der Waals surface area contributed by atoms with Crippen molar-refractivity contribution in [1.82, 2.24) is 4.98 Å². The van der Waals surface area contributed by atoms with E-state index in [0.717, 1.165) is 10.1 Å². The predicted molar refractivity (Wildman–Crippen MR) is 70.8 cm³/mol. The number of halogens is 1. The zero-order valence-corrected chi connectivity index (χ0v) is 11.0. The zero-order valence-electron chi connectivity index (χ0n) is 9.39. The predicted octanol–water partition coefficient (Wildman–Crippen LogP) is 4.18. The molecule has 0 N–H and O–H groups in total. The van der Waals surface area contributed by atoms with Crippen LogP contribution in [0.2, 0.25) is 0 Å². The molecule has 0 aliphatic heterocycles. The molecule has 2 heteroatoms. The second-order valence-corrected chi connectivity index (χ2v) is 5.34. The number of hydrogen-bond acceptors (Lipinski definition) is 1. The normalized spacial score (nSPS) is 15.1. The van der Waals surface area contributed by atoms with Gasteiger partial charge in [0.1, 0.15) is 4.60 Å². The van der Waals surface area contributed by atoms with Crippen LogP contribution in [0.4, 0.5) is 0 Å². The lowest BCUT2D eigenvalue weighted by molar-refractivity contribution is 0.684. The molecule has 0 spiro atoms. The van der Waals surface area contributed by atoms with Gasteiger partial charge in [0.2, 0.25) is 0 Å². The van der Waals surface area contributed by atoms with Gasteiger partial charge in [0.15, 0.2) is 0 Å². The minimum atomic E-state index is 1.05. The molecule has 16 heavy (non-hydrogen) atoms. The van der Waals surface area contributed by atoms with Crippen LogP contribution in [0, 0.1) is 6.92 Å². The lowest BCUT2D eigenvalue weighted by Gasteiger charge is -2.19. The summed E-state index contributed by atoms with van der Waals surface area (Å²) in [6.45, 7) is 2.15. The molecule has 1 aromatic carbocycles. The molecule has 0 saturated heterocycles. The number of hydrogen-bond donors (Lipinski definition) is 0. The zero-order chi connectivity index (χ0) is 11.1. The molecule has 1 nitrogen and oxygen atoms in total. The molecule has 1 aliphatic carbocycles. The Morgan fingerprint density at radius 2 is 1.88 bits per heavy atom. The molecule has 0 atom stereocenters. The summed E-state index contributed by atoms with van der Waals surface area (Å²) in [5.41, 5.74) is 5.40. The van der Waals surface area contributed by atoms with E-state index in [2.05, 4.69) is 46.0 Å². The highest BCUT2D eigenvalue weighted by Crippen LogP contribution is 2.32. The van der Waals surface area contributed by atoms with Crippen molar-refractivity contribution < 1.29 is 0 Å². The van der Waals surface area contributed by atoms with Crippen LogP contribution < -0.4 is 0 Å². The third-order valence-electron chi connectivity index (χ3n) is 3.41. The first-order valence-electron chi connectivity index (χ1n) is 5.83. The monoisotopic (exact) mass is 275 g/mol. The first-order chi connectivity index (χ1) is 7.75. The first kappa shape index (κ1) is 10.3. The summed E-state index contributed by atoms with van der Waals surface area (Å²) in [5, 5.41) is 1.36. The quantitative estimate of drug-likeness (QED) is 0.658. The molecule has 1 aliphatic rings. The van der Waals surface area contributed by atoms with Crippen molar-refractivity contribution in [3.63, 3.8) is 0 Å². The SMILES string of the molecule is Cc1ccc2nc(Br)c3c(c2c1)CCCC3. The molecule has 0 fully saturated rings. The van der Waals surface area contributed by atoms with Gasteiger partial charge in [-0.3, -0.25) is 0 Å². The van der Waals surface area contributed by atoms with Crippen molar-refractivity contribution in [3.05, 3.63) is 39.5 Å². The van der Waals surface area contributed by atoms with Gasteiger partial charge >= 0.3 is 0 Å². The van der Waals surface area contributed by atoms with Gasteiger partial charge in [-0.05, 0) is 71.8 Å². The van der Waals surface area contributed by atoms with Gasteiger partial charge in [-0.25, -0.2) is 4.98 Å². The number of aromatic nitrogens is 1. The fraction of sp³-hybridized carbons (Fsp3) is 0.357. The Balaban J connectivity index is 2.38. The van der Waals surface area contributed by atoms with Crippen molar-refractivity contribution in [2.45, 2.75) is 32.6 Å². The molecule has 82 valence electrons. The standard InChI is InChI=1S/C14H14BrN/c1-9-6-7-13-12(8-9)10-4-2-3-5-11(10)14(15)16-13/h6-8H,2-5H2,1H3. The smallest absolute Gasteiger partial charge is 0.110 e. The topological polar surface area (TPSA) is 12.9 Å². The Morgan fingerprint density at radius 1 is 1.12 bits per heavy atom. The minimum absolute atomic E-state index is 1.05. The summed E-state index contributed by atoms with van der Waals surface area (Å²) < 4.78 is 1.05. The van der Waals surface area contributed by atoms with Crippen LogP contribution in [0.3, 0.4) is 0 Å². The van der Waals surface area contributed by atoms with Crippen molar-refractivity contribution in [2.24, 2.45) is 0 Å². The van der Waals surface area contributed by atoms with E-state index in [1.807, 2.05) is 0 Å². The van der Waals surface area contributed by atoms with Crippen LogP contribution in [-0.2, 0) is 12.8 Å². The van der Waals surface area contributed by atoms with Gasteiger partial charge in [0.25, 0.3) is 0 Å². The Morgan fingerprint density at radius 3 is 2.69 bits per heavy atom. The first-order valence-corrected chi connectivity index (χ1v) is 6.62. The van der Waals surface area contributed by atoms with Crippen LogP contribution >= 0.6 is 15.9 Å². The minimum Gasteiger partial charge on any atom is -0.241 e. The molecule has 1 heterocycles. The Bertz CT molecular complexity index is 560. The third kappa shape index (κ3) is 1.56. The lowest BCUT2D eigenvalue weighted by Crippen LogP contribution is -2.06. The molecule has 0 bridgehead atoms. The van der Waals surface area contributed by atoms with E-state index in [1.165, 1.54) is 47.8 Å². The largest absolute Gasteiger partial charge is 0.241 e. The third-order valence-corrected chi connectivity index (χ3v) is 4.07. The Labute approximate surface area is 104 Å². The highest BCUT2D eigenvalue weighted by Gasteiger charge is 2.16. The second kappa shape index (κ2) is 3.85. The van der Waals surface area contributed by atoms with Gasteiger partial charge in [0.05, 0.1) is 5.52 Å². The van der Waals surface area contributed by atoms with Gasteiger partial charge in [-0.15, -0.1) is 0 Å². The van der Waals surface area contributed by atoms with Crippen molar-refractivity contribution in [2.75, 3.05) is 0 Å². The van der Waals surface area contributed by atoms with Crippen LogP contribution in [0.15, 0.2) is 22.8 Å². The molecule has 0 saturated carbocycles. The maximum atomic E-state index is 4.65. The maximum Gasteiger partial charge on any atom is 0.110 e. The number of aryl methyl sites for hydroxylation is 2. The van der Waals surface area contributed by atoms with Crippen molar-refractivity contribution >= 4 is 26.8 Å². The molecule has 0 amide bonds. The van der Waals surface area contributed by atoms with Crippen molar-refractivity contribution in [3.8, 4) is 0 Å². The number of pyridine rings is 1. The molecule has 2 aromatic rings. The molecule has 0 radical (unpaired) electrons. The van der Waals surface area contributed by atoms with E-state index in [1.54, 1.807) is 0 Å². The van der Waals surface area contributed by atoms with Gasteiger partial charge in [-0.1, -0.05) is 11.6 Å². The molecular formula is C14H14BrN. The average molecular weight is 276 g/mol. The Kier molecular flexibility index (Phi) is 2.47. The van der Waals surface area contributed by atoms with E-state index in [4.69, 9.17) is 0 Å². The van der Waals surface area contributed by atoms with Gasteiger partial charge in [0, 0.05) is 5.39 Å². The number of rotatable bonds is 0. The lowest BCUT2D eigenvalue weighted by atomic mass is 9.90.